The van der Waals surface area contributed by atoms with Gasteiger partial charge in [-0.1, -0.05) is 13.3 Å². The molecule has 0 radical (unpaired) electrons. The fraction of sp³-hybridized carbons (Fsp3) is 0.300. The second kappa shape index (κ2) is 3.77. The summed E-state index contributed by atoms with van der Waals surface area (Å²) in [5.74, 6) is 0. The van der Waals surface area contributed by atoms with Crippen LogP contribution in [0.5, 0.6) is 0 Å². The first-order chi connectivity index (χ1) is 5.76. The van der Waals surface area contributed by atoms with Crippen LogP contribution >= 0.6 is 0 Å². The lowest BCUT2D eigenvalue weighted by molar-refractivity contribution is 0.922. The molecule has 0 saturated heterocycles. The number of rotatable bonds is 2. The summed E-state index contributed by atoms with van der Waals surface area (Å²) >= 11 is 0. The van der Waals surface area contributed by atoms with E-state index in [-0.39, 0.29) is 0 Å². The maximum absolute atomic E-state index is 8.65. The quantitative estimate of drug-likeness (QED) is 0.673. The van der Waals surface area contributed by atoms with Gasteiger partial charge in [0, 0.05) is 5.69 Å². The summed E-state index contributed by atoms with van der Waals surface area (Å²) in [4.78, 5) is 0. The number of nitrogens with zero attached hydrogens (tertiary/aromatic N) is 1. The Morgan fingerprint density at radius 3 is 2.75 bits per heavy atom. The molecule has 0 aromatic heterocycles. The van der Waals surface area contributed by atoms with E-state index in [0.717, 1.165) is 18.4 Å². The van der Waals surface area contributed by atoms with E-state index < -0.39 is 0 Å². The lowest BCUT2D eigenvalue weighted by atomic mass is 10.1. The summed E-state index contributed by atoms with van der Waals surface area (Å²) in [6, 6.07) is 7.59. The molecule has 0 heterocycles. The number of hydrogen-bond acceptors (Lipinski definition) is 2. The molecule has 0 aliphatic rings. The molecule has 0 spiro atoms. The maximum atomic E-state index is 8.65. The zero-order chi connectivity index (χ0) is 8.97. The highest BCUT2D eigenvalue weighted by molar-refractivity contribution is 5.48. The predicted octanol–water partition coefficient (Wildman–Crippen LogP) is 2.09. The molecule has 12 heavy (non-hydrogen) atoms. The highest BCUT2D eigenvalue weighted by atomic mass is 14.5. The van der Waals surface area contributed by atoms with Gasteiger partial charge in [0.2, 0.25) is 0 Å². The standard InChI is InChI=1S/C10H12N2/c1-2-3-8-4-9(7-11)6-10(12)5-8/h4-6H,2-3,12H2,1H3. The average Bonchev–Trinajstić information content (AvgIpc) is 2.04. The Morgan fingerprint density at radius 2 is 2.17 bits per heavy atom. The van der Waals surface area contributed by atoms with Gasteiger partial charge in [-0.2, -0.15) is 5.26 Å². The van der Waals surface area contributed by atoms with E-state index in [0.29, 0.717) is 11.3 Å². The number of aryl methyl sites for hydroxylation is 1. The molecule has 0 amide bonds. The summed E-state index contributed by atoms with van der Waals surface area (Å²) < 4.78 is 0. The number of hydrogen-bond donors (Lipinski definition) is 1. The summed E-state index contributed by atoms with van der Waals surface area (Å²) in [5.41, 5.74) is 8.09. The van der Waals surface area contributed by atoms with Crippen molar-refractivity contribution in [1.82, 2.24) is 0 Å². The molecule has 0 fully saturated rings. The van der Waals surface area contributed by atoms with Crippen LogP contribution in [-0.4, -0.2) is 0 Å². The molecule has 2 nitrogen and oxygen atoms in total. The van der Waals surface area contributed by atoms with Gasteiger partial charge in [0.15, 0.2) is 0 Å². The van der Waals surface area contributed by atoms with Crippen molar-refractivity contribution in [2.75, 3.05) is 5.73 Å². The van der Waals surface area contributed by atoms with Gasteiger partial charge >= 0.3 is 0 Å². The van der Waals surface area contributed by atoms with Gasteiger partial charge < -0.3 is 5.73 Å². The molecule has 1 aromatic rings. The van der Waals surface area contributed by atoms with Gasteiger partial charge in [0.05, 0.1) is 11.6 Å². The predicted molar refractivity (Wildman–Crippen MR) is 49.6 cm³/mol. The van der Waals surface area contributed by atoms with E-state index in [9.17, 15) is 0 Å². The normalized spacial score (nSPS) is 9.33. The van der Waals surface area contributed by atoms with Gasteiger partial charge in [-0.3, -0.25) is 0 Å². The number of nitrogen functional groups attached to an aromatic ring is 1. The van der Waals surface area contributed by atoms with E-state index in [1.807, 2.05) is 12.1 Å². The smallest absolute Gasteiger partial charge is 0.0992 e. The van der Waals surface area contributed by atoms with Crippen LogP contribution in [0.4, 0.5) is 5.69 Å². The number of nitriles is 1. The fourth-order valence-corrected chi connectivity index (χ4v) is 1.22. The zero-order valence-electron chi connectivity index (χ0n) is 7.17. The van der Waals surface area contributed by atoms with Gasteiger partial charge in [0.1, 0.15) is 0 Å². The van der Waals surface area contributed by atoms with Crippen molar-refractivity contribution in [3.63, 3.8) is 0 Å². The first-order valence-electron chi connectivity index (χ1n) is 4.05. The minimum Gasteiger partial charge on any atom is -0.399 e. The molecule has 0 saturated carbocycles. The first-order valence-corrected chi connectivity index (χ1v) is 4.05. The maximum Gasteiger partial charge on any atom is 0.0992 e. The molecule has 2 N–H and O–H groups in total. The Hall–Kier alpha value is -1.49. The third kappa shape index (κ3) is 2.00. The van der Waals surface area contributed by atoms with E-state index in [1.54, 1.807) is 6.07 Å². The number of anilines is 1. The van der Waals surface area contributed by atoms with Crippen molar-refractivity contribution in [2.45, 2.75) is 19.8 Å². The summed E-state index contributed by atoms with van der Waals surface area (Å²) in [6.07, 6.45) is 2.06. The summed E-state index contributed by atoms with van der Waals surface area (Å²) in [5, 5.41) is 8.65. The molecule has 2 heteroatoms. The second-order valence-corrected chi connectivity index (χ2v) is 2.83. The van der Waals surface area contributed by atoms with Crippen LogP contribution < -0.4 is 5.73 Å². The van der Waals surface area contributed by atoms with Gasteiger partial charge in [-0.05, 0) is 30.2 Å². The lowest BCUT2D eigenvalue weighted by Crippen LogP contribution is -1.90. The van der Waals surface area contributed by atoms with Crippen LogP contribution in [0.3, 0.4) is 0 Å². The Kier molecular flexibility index (Phi) is 2.71. The van der Waals surface area contributed by atoms with Crippen molar-refractivity contribution >= 4 is 5.69 Å². The van der Waals surface area contributed by atoms with Crippen LogP contribution in [0.2, 0.25) is 0 Å². The largest absolute Gasteiger partial charge is 0.399 e. The van der Waals surface area contributed by atoms with E-state index in [1.165, 1.54) is 0 Å². The summed E-state index contributed by atoms with van der Waals surface area (Å²) in [6.45, 7) is 2.11. The van der Waals surface area contributed by atoms with Crippen molar-refractivity contribution in [3.8, 4) is 6.07 Å². The monoisotopic (exact) mass is 160 g/mol. The lowest BCUT2D eigenvalue weighted by Gasteiger charge is -2.00. The molecule has 1 aromatic carbocycles. The van der Waals surface area contributed by atoms with Gasteiger partial charge in [-0.25, -0.2) is 0 Å². The minimum atomic E-state index is 0.651. The average molecular weight is 160 g/mol. The van der Waals surface area contributed by atoms with Crippen LogP contribution in [0.1, 0.15) is 24.5 Å². The molecule has 0 aliphatic heterocycles. The second-order valence-electron chi connectivity index (χ2n) is 2.83. The van der Waals surface area contributed by atoms with Crippen molar-refractivity contribution in [2.24, 2.45) is 0 Å². The van der Waals surface area contributed by atoms with Crippen LogP contribution in [0, 0.1) is 11.3 Å². The highest BCUT2D eigenvalue weighted by Crippen LogP contribution is 2.12. The minimum absolute atomic E-state index is 0.651. The van der Waals surface area contributed by atoms with E-state index >= 15 is 0 Å². The van der Waals surface area contributed by atoms with Gasteiger partial charge in [0.25, 0.3) is 0 Å². The van der Waals surface area contributed by atoms with Crippen LogP contribution in [-0.2, 0) is 6.42 Å². The van der Waals surface area contributed by atoms with Crippen LogP contribution in [0.25, 0.3) is 0 Å². The SMILES string of the molecule is CCCc1cc(N)cc(C#N)c1. The van der Waals surface area contributed by atoms with Crippen molar-refractivity contribution in [3.05, 3.63) is 29.3 Å². The van der Waals surface area contributed by atoms with E-state index in [2.05, 4.69) is 13.0 Å². The van der Waals surface area contributed by atoms with Gasteiger partial charge in [-0.15, -0.1) is 0 Å². The molecule has 0 atom stereocenters. The molecule has 0 aliphatic carbocycles. The topological polar surface area (TPSA) is 49.8 Å². The first kappa shape index (κ1) is 8.61. The zero-order valence-corrected chi connectivity index (χ0v) is 7.17. The Labute approximate surface area is 72.6 Å². The Balaban J connectivity index is 3.00. The Morgan fingerprint density at radius 1 is 1.42 bits per heavy atom. The Bertz CT molecular complexity index is 310. The third-order valence-electron chi connectivity index (χ3n) is 1.68. The van der Waals surface area contributed by atoms with Crippen LogP contribution in [0.15, 0.2) is 18.2 Å². The highest BCUT2D eigenvalue weighted by Gasteiger charge is 1.96. The third-order valence-corrected chi connectivity index (χ3v) is 1.68. The molecular formula is C10H12N2. The molecule has 1 rings (SSSR count). The molecular weight excluding hydrogens is 148 g/mol. The number of nitrogens with two attached hydrogens (primary N) is 1. The summed E-state index contributed by atoms with van der Waals surface area (Å²) in [7, 11) is 0. The van der Waals surface area contributed by atoms with Crippen molar-refractivity contribution in [1.29, 1.82) is 5.26 Å². The molecule has 62 valence electrons. The fourth-order valence-electron chi connectivity index (χ4n) is 1.22. The molecule has 0 bridgehead atoms. The number of benzene rings is 1. The molecule has 0 unspecified atom stereocenters. The van der Waals surface area contributed by atoms with Crippen molar-refractivity contribution < 1.29 is 0 Å². The van der Waals surface area contributed by atoms with E-state index in [4.69, 9.17) is 11.0 Å².